The molecule has 2 saturated heterocycles. The molecule has 4 heterocycles. The second-order valence-electron chi connectivity index (χ2n) is 10.3. The SMILES string of the molecule is Cc1nc(NC2CCN(C(=O)N[C@H]3CCN(C(=O)/C=C/CN(C)C)C3)CC2)c2ncn(C(C)C)c2n1. The van der Waals surface area contributed by atoms with Gasteiger partial charge in [0, 0.05) is 56.9 Å². The van der Waals surface area contributed by atoms with Gasteiger partial charge >= 0.3 is 6.03 Å². The molecule has 0 bridgehead atoms. The molecule has 0 radical (unpaired) electrons. The van der Waals surface area contributed by atoms with Gasteiger partial charge in [-0.3, -0.25) is 4.79 Å². The van der Waals surface area contributed by atoms with E-state index in [4.69, 9.17) is 0 Å². The first-order valence-electron chi connectivity index (χ1n) is 12.8. The van der Waals surface area contributed by atoms with Crippen molar-refractivity contribution in [3.05, 3.63) is 24.3 Å². The van der Waals surface area contributed by atoms with Crippen LogP contribution in [0.2, 0.25) is 0 Å². The Morgan fingerprint density at radius 1 is 1.11 bits per heavy atom. The first-order chi connectivity index (χ1) is 17.2. The highest BCUT2D eigenvalue weighted by molar-refractivity contribution is 5.88. The number of carbonyl (C=O) groups is 2. The summed E-state index contributed by atoms with van der Waals surface area (Å²) in [5.41, 5.74) is 1.63. The van der Waals surface area contributed by atoms with Crippen molar-refractivity contribution in [3.8, 4) is 0 Å². The number of anilines is 1. The van der Waals surface area contributed by atoms with E-state index in [-0.39, 0.29) is 30.1 Å². The number of fused-ring (bicyclic) bond motifs is 1. The Morgan fingerprint density at radius 2 is 1.81 bits per heavy atom. The molecule has 0 aromatic carbocycles. The molecule has 1 atom stereocenters. The number of amides is 3. The van der Waals surface area contributed by atoms with Crippen LogP contribution in [0.1, 0.15) is 45.0 Å². The Bertz CT molecular complexity index is 1100. The highest BCUT2D eigenvalue weighted by Gasteiger charge is 2.29. The average molecular weight is 498 g/mol. The summed E-state index contributed by atoms with van der Waals surface area (Å²) in [7, 11) is 3.93. The van der Waals surface area contributed by atoms with Crippen LogP contribution in [-0.2, 0) is 4.79 Å². The molecule has 36 heavy (non-hydrogen) atoms. The first kappa shape index (κ1) is 25.9. The van der Waals surface area contributed by atoms with Crippen molar-refractivity contribution in [3.63, 3.8) is 0 Å². The van der Waals surface area contributed by atoms with E-state index in [1.165, 1.54) is 0 Å². The Kier molecular flexibility index (Phi) is 8.07. The number of aromatic nitrogens is 4. The number of likely N-dealkylation sites (tertiary alicyclic amines) is 2. The molecule has 2 aliphatic heterocycles. The van der Waals surface area contributed by atoms with E-state index in [9.17, 15) is 9.59 Å². The summed E-state index contributed by atoms with van der Waals surface area (Å²) < 4.78 is 2.06. The molecule has 0 unspecified atom stereocenters. The van der Waals surface area contributed by atoms with Gasteiger partial charge < -0.3 is 29.9 Å². The Labute approximate surface area is 212 Å². The number of aryl methyl sites for hydroxylation is 1. The van der Waals surface area contributed by atoms with E-state index in [1.54, 1.807) is 11.0 Å². The zero-order chi connectivity index (χ0) is 25.8. The molecule has 11 heteroatoms. The van der Waals surface area contributed by atoms with Gasteiger partial charge in [0.25, 0.3) is 0 Å². The van der Waals surface area contributed by atoms with Gasteiger partial charge in [0.15, 0.2) is 11.5 Å². The maximum Gasteiger partial charge on any atom is 0.317 e. The normalized spacial score (nSPS) is 19.2. The smallest absolute Gasteiger partial charge is 0.317 e. The minimum atomic E-state index is -0.0492. The zero-order valence-corrected chi connectivity index (χ0v) is 22.1. The molecule has 2 N–H and O–H groups in total. The van der Waals surface area contributed by atoms with Crippen LogP contribution in [-0.4, -0.2) is 105 Å². The highest BCUT2D eigenvalue weighted by Crippen LogP contribution is 2.24. The van der Waals surface area contributed by atoms with E-state index in [2.05, 4.69) is 44.0 Å². The highest BCUT2D eigenvalue weighted by atomic mass is 16.2. The fraction of sp³-hybridized carbons (Fsp3) is 0.640. The number of nitrogens with zero attached hydrogens (tertiary/aromatic N) is 7. The van der Waals surface area contributed by atoms with Crippen LogP contribution in [0.4, 0.5) is 10.6 Å². The summed E-state index contributed by atoms with van der Waals surface area (Å²) in [4.78, 5) is 44.7. The van der Waals surface area contributed by atoms with Gasteiger partial charge in [0.05, 0.1) is 6.33 Å². The predicted octanol–water partition coefficient (Wildman–Crippen LogP) is 2.02. The second-order valence-corrected chi connectivity index (χ2v) is 10.3. The van der Waals surface area contributed by atoms with E-state index in [0.717, 1.165) is 42.8 Å². The van der Waals surface area contributed by atoms with Crippen LogP contribution in [0.5, 0.6) is 0 Å². The molecular weight excluding hydrogens is 458 g/mol. The van der Waals surface area contributed by atoms with Gasteiger partial charge in [-0.25, -0.2) is 19.7 Å². The largest absolute Gasteiger partial charge is 0.365 e. The monoisotopic (exact) mass is 497 g/mol. The molecule has 0 aliphatic carbocycles. The maximum absolute atomic E-state index is 12.9. The summed E-state index contributed by atoms with van der Waals surface area (Å²) in [6.07, 6.45) is 7.75. The van der Waals surface area contributed by atoms with E-state index >= 15 is 0 Å². The fourth-order valence-corrected chi connectivity index (χ4v) is 4.74. The van der Waals surface area contributed by atoms with Gasteiger partial charge in [0.2, 0.25) is 5.91 Å². The minimum absolute atomic E-state index is 0.00658. The molecule has 2 aliphatic rings. The summed E-state index contributed by atoms with van der Waals surface area (Å²) in [6, 6.07) is 0.424. The lowest BCUT2D eigenvalue weighted by Gasteiger charge is -2.33. The molecule has 2 aromatic heterocycles. The Hall–Kier alpha value is -3.21. The van der Waals surface area contributed by atoms with Crippen LogP contribution >= 0.6 is 0 Å². The topological polar surface area (TPSA) is 112 Å². The molecule has 0 saturated carbocycles. The molecule has 0 spiro atoms. The predicted molar refractivity (Wildman–Crippen MR) is 140 cm³/mol. The lowest BCUT2D eigenvalue weighted by Crippen LogP contribution is -2.50. The number of hydrogen-bond donors (Lipinski definition) is 2. The molecule has 2 fully saturated rings. The standard InChI is InChI=1S/C25H39N9O2/c1-17(2)34-16-26-22-23(27-18(3)28-24(22)34)29-19-8-12-32(13-9-19)25(36)30-20-10-14-33(15-20)21(35)7-6-11-31(4)5/h6-7,16-17,19-20H,8-15H2,1-5H3,(H,30,36)(H,27,28,29)/b7-6+/t20-/m0/s1. The number of nitrogens with one attached hydrogen (secondary N) is 2. The number of carbonyl (C=O) groups excluding carboxylic acids is 2. The number of urea groups is 1. The maximum atomic E-state index is 12.9. The number of hydrogen-bond acceptors (Lipinski definition) is 7. The second kappa shape index (κ2) is 11.2. The fourth-order valence-electron chi connectivity index (χ4n) is 4.74. The quantitative estimate of drug-likeness (QED) is 0.563. The van der Waals surface area contributed by atoms with Crippen LogP contribution in [0, 0.1) is 6.92 Å². The molecular formula is C25H39N9O2. The van der Waals surface area contributed by atoms with Crippen LogP contribution in [0.15, 0.2) is 18.5 Å². The van der Waals surface area contributed by atoms with Crippen molar-refractivity contribution in [1.29, 1.82) is 0 Å². The van der Waals surface area contributed by atoms with Gasteiger partial charge in [-0.2, -0.15) is 0 Å². The van der Waals surface area contributed by atoms with E-state index in [0.29, 0.717) is 32.0 Å². The van der Waals surface area contributed by atoms with Crippen molar-refractivity contribution < 1.29 is 9.59 Å². The van der Waals surface area contributed by atoms with Gasteiger partial charge in [-0.15, -0.1) is 0 Å². The summed E-state index contributed by atoms with van der Waals surface area (Å²) in [6.45, 7) is 9.40. The summed E-state index contributed by atoms with van der Waals surface area (Å²) >= 11 is 0. The summed E-state index contributed by atoms with van der Waals surface area (Å²) in [5.74, 6) is 1.48. The number of likely N-dealkylation sites (N-methyl/N-ethyl adjacent to an activating group) is 1. The van der Waals surface area contributed by atoms with E-state index < -0.39 is 0 Å². The Balaban J connectivity index is 1.26. The third-order valence-electron chi connectivity index (χ3n) is 6.77. The van der Waals surface area contributed by atoms with Crippen LogP contribution in [0.3, 0.4) is 0 Å². The number of piperidine rings is 1. The average Bonchev–Trinajstić information content (AvgIpc) is 3.46. The van der Waals surface area contributed by atoms with Crippen molar-refractivity contribution in [2.75, 3.05) is 52.1 Å². The number of imidazole rings is 1. The Morgan fingerprint density at radius 3 is 2.50 bits per heavy atom. The lowest BCUT2D eigenvalue weighted by molar-refractivity contribution is -0.125. The van der Waals surface area contributed by atoms with Crippen LogP contribution in [0.25, 0.3) is 11.2 Å². The first-order valence-corrected chi connectivity index (χ1v) is 12.8. The van der Waals surface area contributed by atoms with Gasteiger partial charge in [0.1, 0.15) is 11.3 Å². The van der Waals surface area contributed by atoms with Crippen LogP contribution < -0.4 is 10.6 Å². The molecule has 2 aromatic rings. The van der Waals surface area contributed by atoms with Crippen molar-refractivity contribution >= 4 is 28.9 Å². The molecule has 3 amide bonds. The van der Waals surface area contributed by atoms with Crippen molar-refractivity contribution in [2.24, 2.45) is 0 Å². The third-order valence-corrected chi connectivity index (χ3v) is 6.77. The summed E-state index contributed by atoms with van der Waals surface area (Å²) in [5, 5.41) is 6.68. The molecule has 196 valence electrons. The van der Waals surface area contributed by atoms with Crippen molar-refractivity contribution in [1.82, 2.24) is 39.5 Å². The number of rotatable bonds is 7. The van der Waals surface area contributed by atoms with E-state index in [1.807, 2.05) is 43.2 Å². The minimum Gasteiger partial charge on any atom is -0.365 e. The van der Waals surface area contributed by atoms with Gasteiger partial charge in [-0.1, -0.05) is 6.08 Å². The molecule has 4 rings (SSSR count). The molecule has 11 nitrogen and oxygen atoms in total. The zero-order valence-electron chi connectivity index (χ0n) is 22.1. The van der Waals surface area contributed by atoms with Gasteiger partial charge in [-0.05, 0) is 54.1 Å². The third kappa shape index (κ3) is 6.13. The lowest BCUT2D eigenvalue weighted by atomic mass is 10.1. The van der Waals surface area contributed by atoms with Crippen molar-refractivity contribution in [2.45, 2.75) is 58.2 Å².